The predicted octanol–water partition coefficient (Wildman–Crippen LogP) is 2.13. The second-order valence-corrected chi connectivity index (χ2v) is 5.31. The van der Waals surface area contributed by atoms with Crippen LogP contribution >= 0.6 is 24.0 Å². The molecular weight excluding hydrogens is 313 g/mol. The Kier molecular flexibility index (Phi) is 7.25. The van der Waals surface area contributed by atoms with Gasteiger partial charge in [-0.1, -0.05) is 11.6 Å². The monoisotopic (exact) mass is 333 g/mol. The van der Waals surface area contributed by atoms with E-state index >= 15 is 0 Å². The highest BCUT2D eigenvalue weighted by Gasteiger charge is 2.24. The fraction of sp³-hybridized carbons (Fsp3) is 0.500. The molecule has 0 radical (unpaired) electrons. The van der Waals surface area contributed by atoms with E-state index < -0.39 is 0 Å². The molecule has 0 spiro atoms. The highest BCUT2D eigenvalue weighted by Crippen LogP contribution is 2.27. The highest BCUT2D eigenvalue weighted by molar-refractivity contribution is 6.32. The molecule has 118 valence electrons. The third kappa shape index (κ3) is 4.74. The van der Waals surface area contributed by atoms with Crippen LogP contribution in [0.15, 0.2) is 18.2 Å². The van der Waals surface area contributed by atoms with Crippen LogP contribution in [0.4, 0.5) is 5.69 Å². The molecule has 1 heterocycles. The molecule has 1 aliphatic rings. The molecule has 1 aromatic rings. The molecule has 5 nitrogen and oxygen atoms in total. The molecular formula is C14H21Cl2N3O2. The number of benzene rings is 1. The number of nitrogens with two attached hydrogens (primary N) is 1. The SMILES string of the molecule is COc1ccc(NC(=O)CN2CCCC2CN)cc1Cl.Cl. The number of carbonyl (C=O) groups is 1. The van der Waals surface area contributed by atoms with E-state index in [1.807, 2.05) is 0 Å². The molecule has 1 amide bonds. The Morgan fingerprint density at radius 2 is 2.33 bits per heavy atom. The van der Waals surface area contributed by atoms with Crippen molar-refractivity contribution in [2.24, 2.45) is 5.73 Å². The van der Waals surface area contributed by atoms with Crippen molar-refractivity contribution in [3.8, 4) is 5.75 Å². The summed E-state index contributed by atoms with van der Waals surface area (Å²) in [7, 11) is 1.56. The van der Waals surface area contributed by atoms with Crippen molar-refractivity contribution in [3.63, 3.8) is 0 Å². The van der Waals surface area contributed by atoms with Gasteiger partial charge in [-0.15, -0.1) is 12.4 Å². The van der Waals surface area contributed by atoms with Gasteiger partial charge in [0.15, 0.2) is 0 Å². The lowest BCUT2D eigenvalue weighted by Crippen LogP contribution is -2.40. The van der Waals surface area contributed by atoms with Crippen LogP contribution in [-0.4, -0.2) is 43.6 Å². The maximum Gasteiger partial charge on any atom is 0.238 e. The van der Waals surface area contributed by atoms with Gasteiger partial charge in [0.2, 0.25) is 5.91 Å². The topological polar surface area (TPSA) is 67.6 Å². The standard InChI is InChI=1S/C14H20ClN3O2.ClH/c1-20-13-5-4-10(7-12(13)15)17-14(19)9-18-6-2-3-11(18)8-16;/h4-5,7,11H,2-3,6,8-9,16H2,1H3,(H,17,19);1H. The van der Waals surface area contributed by atoms with Crippen LogP contribution in [0.1, 0.15) is 12.8 Å². The lowest BCUT2D eigenvalue weighted by atomic mass is 10.2. The number of carbonyl (C=O) groups excluding carboxylic acids is 1. The van der Waals surface area contributed by atoms with E-state index in [2.05, 4.69) is 10.2 Å². The Morgan fingerprint density at radius 1 is 1.57 bits per heavy atom. The largest absolute Gasteiger partial charge is 0.495 e. The van der Waals surface area contributed by atoms with Gasteiger partial charge in [-0.3, -0.25) is 9.69 Å². The van der Waals surface area contributed by atoms with Gasteiger partial charge in [0, 0.05) is 18.3 Å². The van der Waals surface area contributed by atoms with E-state index in [0.29, 0.717) is 35.6 Å². The molecule has 7 heteroatoms. The predicted molar refractivity (Wildman–Crippen MR) is 87.5 cm³/mol. The van der Waals surface area contributed by atoms with Crippen LogP contribution < -0.4 is 15.8 Å². The molecule has 21 heavy (non-hydrogen) atoms. The van der Waals surface area contributed by atoms with Crippen LogP contribution in [0.5, 0.6) is 5.75 Å². The van der Waals surface area contributed by atoms with E-state index in [1.54, 1.807) is 25.3 Å². The fourth-order valence-electron chi connectivity index (χ4n) is 2.50. The molecule has 0 aliphatic carbocycles. The number of anilines is 1. The van der Waals surface area contributed by atoms with Crippen molar-refractivity contribution in [3.05, 3.63) is 23.2 Å². The Bertz CT molecular complexity index is 485. The maximum absolute atomic E-state index is 12.0. The van der Waals surface area contributed by atoms with Gasteiger partial charge in [-0.05, 0) is 37.6 Å². The first kappa shape index (κ1) is 18.0. The minimum atomic E-state index is -0.0495. The van der Waals surface area contributed by atoms with Crippen molar-refractivity contribution in [1.29, 1.82) is 0 Å². The van der Waals surface area contributed by atoms with Gasteiger partial charge in [-0.25, -0.2) is 0 Å². The molecule has 0 aromatic heterocycles. The first-order valence-electron chi connectivity index (χ1n) is 6.71. The zero-order chi connectivity index (χ0) is 14.5. The van der Waals surface area contributed by atoms with Crippen molar-refractivity contribution in [1.82, 2.24) is 4.90 Å². The Hall–Kier alpha value is -1.01. The van der Waals surface area contributed by atoms with Crippen molar-refractivity contribution in [2.45, 2.75) is 18.9 Å². The number of likely N-dealkylation sites (tertiary alicyclic amines) is 1. The molecule has 1 saturated heterocycles. The average molecular weight is 334 g/mol. The van der Waals surface area contributed by atoms with Gasteiger partial charge in [0.1, 0.15) is 5.75 Å². The summed E-state index contributed by atoms with van der Waals surface area (Å²) in [6.07, 6.45) is 2.17. The first-order chi connectivity index (χ1) is 9.63. The molecule has 3 N–H and O–H groups in total. The number of nitrogens with one attached hydrogen (secondary N) is 1. The number of methoxy groups -OCH3 is 1. The van der Waals surface area contributed by atoms with E-state index in [4.69, 9.17) is 22.1 Å². The van der Waals surface area contributed by atoms with Crippen LogP contribution in [0.3, 0.4) is 0 Å². The summed E-state index contributed by atoms with van der Waals surface area (Å²) >= 11 is 6.03. The molecule has 1 aromatic carbocycles. The lowest BCUT2D eigenvalue weighted by Gasteiger charge is -2.22. The zero-order valence-electron chi connectivity index (χ0n) is 12.0. The summed E-state index contributed by atoms with van der Waals surface area (Å²) in [4.78, 5) is 14.2. The summed E-state index contributed by atoms with van der Waals surface area (Å²) in [5.74, 6) is 0.541. The number of nitrogens with zero attached hydrogens (tertiary/aromatic N) is 1. The Labute approximate surface area is 136 Å². The Morgan fingerprint density at radius 3 is 2.95 bits per heavy atom. The fourth-order valence-corrected chi connectivity index (χ4v) is 2.76. The van der Waals surface area contributed by atoms with E-state index in [0.717, 1.165) is 19.4 Å². The normalized spacial score (nSPS) is 18.1. The number of amides is 1. The zero-order valence-corrected chi connectivity index (χ0v) is 13.5. The first-order valence-corrected chi connectivity index (χ1v) is 7.09. The van der Waals surface area contributed by atoms with Crippen molar-refractivity contribution < 1.29 is 9.53 Å². The van der Waals surface area contributed by atoms with Gasteiger partial charge >= 0.3 is 0 Å². The van der Waals surface area contributed by atoms with Gasteiger partial charge in [0.25, 0.3) is 0 Å². The molecule has 1 fully saturated rings. The van der Waals surface area contributed by atoms with E-state index in [9.17, 15) is 4.79 Å². The molecule has 1 unspecified atom stereocenters. The van der Waals surface area contributed by atoms with Crippen LogP contribution in [-0.2, 0) is 4.79 Å². The number of ether oxygens (including phenoxy) is 1. The molecule has 1 atom stereocenters. The maximum atomic E-state index is 12.0. The molecule has 1 aliphatic heterocycles. The van der Waals surface area contributed by atoms with Gasteiger partial charge in [0.05, 0.1) is 18.7 Å². The number of hydrogen-bond donors (Lipinski definition) is 2. The number of rotatable bonds is 5. The molecule has 0 saturated carbocycles. The van der Waals surface area contributed by atoms with Crippen LogP contribution in [0, 0.1) is 0 Å². The number of halogens is 2. The third-order valence-electron chi connectivity index (χ3n) is 3.55. The summed E-state index contributed by atoms with van der Waals surface area (Å²) < 4.78 is 5.07. The average Bonchev–Trinajstić information content (AvgIpc) is 2.86. The molecule has 2 rings (SSSR count). The summed E-state index contributed by atoms with van der Waals surface area (Å²) in [6.45, 7) is 1.89. The minimum absolute atomic E-state index is 0. The second-order valence-electron chi connectivity index (χ2n) is 4.90. The molecule has 0 bridgehead atoms. The van der Waals surface area contributed by atoms with Crippen LogP contribution in [0.25, 0.3) is 0 Å². The highest BCUT2D eigenvalue weighted by atomic mass is 35.5. The van der Waals surface area contributed by atoms with Crippen molar-refractivity contribution in [2.75, 3.05) is 32.1 Å². The third-order valence-corrected chi connectivity index (χ3v) is 3.85. The summed E-state index contributed by atoms with van der Waals surface area (Å²) in [5, 5.41) is 3.32. The lowest BCUT2D eigenvalue weighted by molar-refractivity contribution is -0.117. The van der Waals surface area contributed by atoms with E-state index in [1.165, 1.54) is 0 Å². The smallest absolute Gasteiger partial charge is 0.238 e. The minimum Gasteiger partial charge on any atom is -0.495 e. The second kappa shape index (κ2) is 8.44. The quantitative estimate of drug-likeness (QED) is 0.866. The Balaban J connectivity index is 0.00000220. The van der Waals surface area contributed by atoms with Crippen molar-refractivity contribution >= 4 is 35.6 Å². The summed E-state index contributed by atoms with van der Waals surface area (Å²) in [6, 6.07) is 5.51. The van der Waals surface area contributed by atoms with Gasteiger partial charge < -0.3 is 15.8 Å². The van der Waals surface area contributed by atoms with Crippen LogP contribution in [0.2, 0.25) is 5.02 Å². The van der Waals surface area contributed by atoms with E-state index in [-0.39, 0.29) is 18.3 Å². The number of hydrogen-bond acceptors (Lipinski definition) is 4. The van der Waals surface area contributed by atoms with Gasteiger partial charge in [-0.2, -0.15) is 0 Å². The summed E-state index contributed by atoms with van der Waals surface area (Å²) in [5.41, 5.74) is 6.37.